The maximum Gasteiger partial charge on any atom is 0.228 e. The quantitative estimate of drug-likeness (QED) is 0.787. The van der Waals surface area contributed by atoms with E-state index in [2.05, 4.69) is 21.6 Å². The first-order valence-corrected chi connectivity index (χ1v) is 11.1. The Balaban J connectivity index is 1.32. The van der Waals surface area contributed by atoms with Crippen LogP contribution in [0.25, 0.3) is 0 Å². The van der Waals surface area contributed by atoms with Crippen LogP contribution in [0.4, 0.5) is 10.1 Å². The van der Waals surface area contributed by atoms with Gasteiger partial charge in [-0.15, -0.1) is 0 Å². The topological polar surface area (TPSA) is 26.8 Å². The molecule has 3 aliphatic rings. The van der Waals surface area contributed by atoms with Crippen molar-refractivity contribution in [2.24, 2.45) is 5.41 Å². The van der Waals surface area contributed by atoms with Gasteiger partial charge in [-0.25, -0.2) is 4.39 Å². The summed E-state index contributed by atoms with van der Waals surface area (Å²) in [6.45, 7) is 7.98. The van der Waals surface area contributed by atoms with Crippen LogP contribution in [-0.2, 0) is 4.79 Å². The lowest BCUT2D eigenvalue weighted by atomic mass is 9.74. The van der Waals surface area contributed by atoms with Gasteiger partial charge in [0, 0.05) is 56.4 Å². The number of rotatable bonds is 3. The number of piperazine rings is 1. The number of benzene rings is 1. The number of likely N-dealkylation sites (tertiary alicyclic amines) is 1. The molecule has 1 aromatic rings. The Bertz CT molecular complexity index is 663. The van der Waals surface area contributed by atoms with E-state index in [1.54, 1.807) is 0 Å². The highest BCUT2D eigenvalue weighted by molar-refractivity contribution is 5.82. The van der Waals surface area contributed by atoms with Gasteiger partial charge in [-0.3, -0.25) is 9.69 Å². The normalized spacial score (nSPS) is 26.3. The molecule has 2 aliphatic heterocycles. The van der Waals surface area contributed by atoms with Gasteiger partial charge in [0.2, 0.25) is 5.91 Å². The Kier molecular flexibility index (Phi) is 5.91. The lowest BCUT2D eigenvalue weighted by molar-refractivity contribution is -0.145. The molecule has 2 saturated heterocycles. The largest absolute Gasteiger partial charge is 0.369 e. The predicted molar refractivity (Wildman–Crippen MR) is 111 cm³/mol. The van der Waals surface area contributed by atoms with E-state index < -0.39 is 0 Å². The van der Waals surface area contributed by atoms with E-state index in [0.29, 0.717) is 11.9 Å². The summed E-state index contributed by atoms with van der Waals surface area (Å²) >= 11 is 0. The van der Waals surface area contributed by atoms with Crippen molar-refractivity contribution in [3.8, 4) is 0 Å². The van der Waals surface area contributed by atoms with Crippen molar-refractivity contribution in [1.29, 1.82) is 0 Å². The second-order valence-corrected chi connectivity index (χ2v) is 9.17. The Morgan fingerprint density at radius 2 is 1.64 bits per heavy atom. The van der Waals surface area contributed by atoms with Gasteiger partial charge in [0.1, 0.15) is 5.82 Å². The third-order valence-corrected chi connectivity index (χ3v) is 7.18. The van der Waals surface area contributed by atoms with Gasteiger partial charge in [0.25, 0.3) is 0 Å². The smallest absolute Gasteiger partial charge is 0.228 e. The summed E-state index contributed by atoms with van der Waals surface area (Å²) in [5, 5.41) is 0. The number of halogens is 1. The van der Waals surface area contributed by atoms with Crippen molar-refractivity contribution in [3.05, 3.63) is 30.1 Å². The maximum atomic E-state index is 13.2. The van der Waals surface area contributed by atoms with Crippen LogP contribution in [0.3, 0.4) is 0 Å². The molecule has 0 spiro atoms. The van der Waals surface area contributed by atoms with Gasteiger partial charge < -0.3 is 9.80 Å². The van der Waals surface area contributed by atoms with E-state index in [9.17, 15) is 9.18 Å². The molecule has 4 nitrogen and oxygen atoms in total. The molecule has 0 unspecified atom stereocenters. The van der Waals surface area contributed by atoms with Crippen molar-refractivity contribution in [2.45, 2.75) is 57.9 Å². The number of anilines is 1. The lowest BCUT2D eigenvalue weighted by Gasteiger charge is -2.46. The minimum atomic E-state index is -0.180. The molecule has 1 saturated carbocycles. The summed E-state index contributed by atoms with van der Waals surface area (Å²) < 4.78 is 13.2. The Labute approximate surface area is 168 Å². The molecule has 28 heavy (non-hydrogen) atoms. The van der Waals surface area contributed by atoms with E-state index in [0.717, 1.165) is 64.2 Å². The molecule has 5 heteroatoms. The Morgan fingerprint density at radius 1 is 0.964 bits per heavy atom. The Morgan fingerprint density at radius 3 is 2.32 bits per heavy atom. The summed E-state index contributed by atoms with van der Waals surface area (Å²) in [4.78, 5) is 20.3. The van der Waals surface area contributed by atoms with Crippen LogP contribution in [0.2, 0.25) is 0 Å². The number of nitrogens with zero attached hydrogens (tertiary/aromatic N) is 3. The molecular formula is C23H34FN3O. The van der Waals surface area contributed by atoms with Crippen LogP contribution < -0.4 is 4.90 Å². The number of amides is 1. The van der Waals surface area contributed by atoms with E-state index in [1.807, 2.05) is 12.1 Å². The van der Waals surface area contributed by atoms with Crippen molar-refractivity contribution < 1.29 is 9.18 Å². The minimum Gasteiger partial charge on any atom is -0.369 e. The molecule has 0 N–H and O–H groups in total. The molecule has 1 atom stereocenters. The summed E-state index contributed by atoms with van der Waals surface area (Å²) in [6, 6.07) is 7.31. The van der Waals surface area contributed by atoms with Gasteiger partial charge in [0.05, 0.1) is 0 Å². The first-order chi connectivity index (χ1) is 13.5. The molecule has 3 fully saturated rings. The van der Waals surface area contributed by atoms with Crippen LogP contribution in [0, 0.1) is 11.2 Å². The van der Waals surface area contributed by atoms with Gasteiger partial charge in [-0.1, -0.05) is 26.2 Å². The van der Waals surface area contributed by atoms with Crippen LogP contribution in [0.1, 0.15) is 51.9 Å². The number of hydrogen-bond donors (Lipinski definition) is 0. The minimum absolute atomic E-state index is 0.124. The monoisotopic (exact) mass is 387 g/mol. The maximum absolute atomic E-state index is 13.2. The standard InChI is InChI=1S/C23H34FN3O/c1-23(11-3-2-4-12-23)22(28)27-13-5-6-21(18-27)26-16-14-25(15-17-26)20-9-7-19(24)8-10-20/h7-10,21H,2-6,11-18H2,1H3/t21-/m1/s1. The zero-order valence-electron chi connectivity index (χ0n) is 17.2. The first kappa shape index (κ1) is 19.7. The average Bonchev–Trinajstić information content (AvgIpc) is 2.74. The third kappa shape index (κ3) is 4.19. The number of hydrogen-bond acceptors (Lipinski definition) is 3. The third-order valence-electron chi connectivity index (χ3n) is 7.18. The second-order valence-electron chi connectivity index (χ2n) is 9.17. The summed E-state index contributed by atoms with van der Waals surface area (Å²) in [5.74, 6) is 0.225. The molecule has 0 bridgehead atoms. The van der Waals surface area contributed by atoms with Gasteiger partial charge in [-0.05, 0) is 49.9 Å². The highest BCUT2D eigenvalue weighted by Crippen LogP contribution is 2.38. The molecule has 1 amide bonds. The first-order valence-electron chi connectivity index (χ1n) is 11.1. The SMILES string of the molecule is CC1(C(=O)N2CCC[C@@H](N3CCN(c4ccc(F)cc4)CC3)C2)CCCCC1. The van der Waals surface area contributed by atoms with Crippen molar-refractivity contribution in [3.63, 3.8) is 0 Å². The fourth-order valence-corrected chi connectivity index (χ4v) is 5.36. The van der Waals surface area contributed by atoms with Crippen molar-refractivity contribution >= 4 is 11.6 Å². The lowest BCUT2D eigenvalue weighted by Crippen LogP contribution is -2.57. The zero-order chi connectivity index (χ0) is 19.6. The summed E-state index contributed by atoms with van der Waals surface area (Å²) in [6.07, 6.45) is 8.11. The van der Waals surface area contributed by atoms with Crippen molar-refractivity contribution in [2.75, 3.05) is 44.2 Å². The van der Waals surface area contributed by atoms with E-state index >= 15 is 0 Å². The van der Waals surface area contributed by atoms with Crippen molar-refractivity contribution in [1.82, 2.24) is 9.80 Å². The molecule has 0 radical (unpaired) electrons. The number of carbonyl (C=O) groups excluding carboxylic acids is 1. The molecule has 1 aromatic carbocycles. The molecule has 154 valence electrons. The van der Waals surface area contributed by atoms with E-state index in [1.165, 1.54) is 37.8 Å². The van der Waals surface area contributed by atoms with E-state index in [4.69, 9.17) is 0 Å². The number of piperidine rings is 1. The molecule has 4 rings (SSSR count). The van der Waals surface area contributed by atoms with E-state index in [-0.39, 0.29) is 11.2 Å². The predicted octanol–water partition coefficient (Wildman–Crippen LogP) is 3.91. The van der Waals surface area contributed by atoms with Gasteiger partial charge in [-0.2, -0.15) is 0 Å². The van der Waals surface area contributed by atoms with Crippen LogP contribution in [0.5, 0.6) is 0 Å². The second kappa shape index (κ2) is 8.40. The summed E-state index contributed by atoms with van der Waals surface area (Å²) in [5.41, 5.74) is 0.980. The average molecular weight is 388 g/mol. The Hall–Kier alpha value is -1.62. The highest BCUT2D eigenvalue weighted by Gasteiger charge is 2.39. The van der Waals surface area contributed by atoms with Crippen LogP contribution >= 0.6 is 0 Å². The van der Waals surface area contributed by atoms with Gasteiger partial charge in [0.15, 0.2) is 0 Å². The fraction of sp³-hybridized carbons (Fsp3) is 0.696. The van der Waals surface area contributed by atoms with Gasteiger partial charge >= 0.3 is 0 Å². The molecule has 1 aliphatic carbocycles. The van der Waals surface area contributed by atoms with Crippen LogP contribution in [-0.4, -0.2) is 61.0 Å². The molecular weight excluding hydrogens is 353 g/mol. The summed E-state index contributed by atoms with van der Waals surface area (Å²) in [7, 11) is 0. The fourth-order valence-electron chi connectivity index (χ4n) is 5.36. The van der Waals surface area contributed by atoms with Crippen LogP contribution in [0.15, 0.2) is 24.3 Å². The molecule has 0 aromatic heterocycles. The number of carbonyl (C=O) groups is 1. The molecule has 2 heterocycles. The highest BCUT2D eigenvalue weighted by atomic mass is 19.1. The zero-order valence-corrected chi connectivity index (χ0v) is 17.2.